The molecule has 0 aliphatic heterocycles. The summed E-state index contributed by atoms with van der Waals surface area (Å²) in [6.07, 6.45) is 3.37. The van der Waals surface area contributed by atoms with E-state index in [1.807, 2.05) is 6.92 Å². The van der Waals surface area contributed by atoms with Crippen molar-refractivity contribution >= 4 is 21.6 Å². The number of hydrogen-bond donors (Lipinski definition) is 1. The summed E-state index contributed by atoms with van der Waals surface area (Å²) in [6.45, 7) is 5.38. The van der Waals surface area contributed by atoms with Crippen LogP contribution >= 0.6 is 11.3 Å². The van der Waals surface area contributed by atoms with Crippen molar-refractivity contribution in [1.29, 1.82) is 0 Å². The van der Waals surface area contributed by atoms with E-state index in [9.17, 15) is 14.4 Å². The topological polar surface area (TPSA) is 104 Å². The molecule has 1 N–H and O–H groups in total. The summed E-state index contributed by atoms with van der Waals surface area (Å²) in [6, 6.07) is 0. The van der Waals surface area contributed by atoms with E-state index in [0.29, 0.717) is 29.9 Å². The lowest BCUT2D eigenvalue weighted by Crippen LogP contribution is -2.41. The molecule has 0 aromatic carbocycles. The molecular formula is C18H23N5O4S. The van der Waals surface area contributed by atoms with Crippen LogP contribution in [0.3, 0.4) is 0 Å². The number of nitrogens with one attached hydrogen (secondary N) is 1. The second-order valence-corrected chi connectivity index (χ2v) is 8.79. The molecule has 10 heteroatoms. The fourth-order valence-corrected chi connectivity index (χ4v) is 4.69. The Balaban J connectivity index is 1.91. The van der Waals surface area contributed by atoms with Crippen molar-refractivity contribution in [3.05, 3.63) is 48.1 Å². The molecule has 1 aliphatic carbocycles. The highest BCUT2D eigenvalue weighted by atomic mass is 32.1. The normalized spacial score (nSPS) is 15.4. The van der Waals surface area contributed by atoms with E-state index in [-0.39, 0.29) is 28.9 Å². The number of rotatable bonds is 7. The molecule has 1 saturated carbocycles. The van der Waals surface area contributed by atoms with Crippen LogP contribution in [0.5, 0.6) is 0 Å². The van der Waals surface area contributed by atoms with Crippen LogP contribution < -0.4 is 16.9 Å². The molecule has 0 atom stereocenters. The first-order chi connectivity index (χ1) is 13.3. The van der Waals surface area contributed by atoms with Crippen LogP contribution in [-0.2, 0) is 24.4 Å². The fraction of sp³-hybridized carbons (Fsp3) is 0.556. The van der Waals surface area contributed by atoms with Crippen molar-refractivity contribution in [1.82, 2.24) is 23.9 Å². The summed E-state index contributed by atoms with van der Waals surface area (Å²) in [5, 5.41) is 4.54. The first-order valence-electron chi connectivity index (χ1n) is 9.20. The Morgan fingerprint density at radius 2 is 2.04 bits per heavy atom. The van der Waals surface area contributed by atoms with Gasteiger partial charge in [0.1, 0.15) is 11.2 Å². The third-order valence-electron chi connectivity index (χ3n) is 5.47. The van der Waals surface area contributed by atoms with Crippen molar-refractivity contribution in [2.24, 2.45) is 5.41 Å². The Labute approximate surface area is 164 Å². The summed E-state index contributed by atoms with van der Waals surface area (Å²) >= 11 is 1.36. The second kappa shape index (κ2) is 6.85. The van der Waals surface area contributed by atoms with E-state index in [2.05, 4.69) is 17.0 Å². The number of nitrogens with zero attached hydrogens (tertiary/aromatic N) is 4. The molecule has 0 unspecified atom stereocenters. The molecule has 0 spiro atoms. The van der Waals surface area contributed by atoms with Gasteiger partial charge in [0.05, 0.1) is 25.1 Å². The number of aromatic amines is 1. The minimum absolute atomic E-state index is 0.0187. The Morgan fingerprint density at radius 3 is 2.64 bits per heavy atom. The highest BCUT2D eigenvalue weighted by Gasteiger charge is 2.38. The largest absolute Gasteiger partial charge is 0.383 e. The summed E-state index contributed by atoms with van der Waals surface area (Å²) in [5.74, 6) is 0. The van der Waals surface area contributed by atoms with Gasteiger partial charge in [-0.3, -0.25) is 18.9 Å². The first kappa shape index (κ1) is 18.9. The first-order valence-corrected chi connectivity index (χ1v) is 10.0. The van der Waals surface area contributed by atoms with Gasteiger partial charge < -0.3 is 4.74 Å². The molecule has 0 amide bonds. The SMILES string of the molecule is COCCn1c(=O)n(CC2(C)CC2)c(=O)c2c(C)c(Cn3nc[nH]c3=O)sc21. The molecule has 3 aromatic heterocycles. The van der Waals surface area contributed by atoms with Crippen molar-refractivity contribution in [2.45, 2.75) is 46.3 Å². The standard InChI is InChI=1S/C18H23N5O4S/c1-11-12(8-23-16(25)19-10-20-23)28-15-13(11)14(24)22(9-18(2)4-5-18)17(26)21(15)6-7-27-3/h10H,4-9H2,1-3H3,(H,19,20,25). The van der Waals surface area contributed by atoms with E-state index < -0.39 is 0 Å². The van der Waals surface area contributed by atoms with E-state index in [1.54, 1.807) is 11.7 Å². The van der Waals surface area contributed by atoms with Gasteiger partial charge in [-0.05, 0) is 30.7 Å². The van der Waals surface area contributed by atoms with Crippen LogP contribution in [0, 0.1) is 12.3 Å². The number of thiophene rings is 1. The van der Waals surface area contributed by atoms with Gasteiger partial charge in [0.25, 0.3) is 5.56 Å². The smallest absolute Gasteiger partial charge is 0.343 e. The molecule has 9 nitrogen and oxygen atoms in total. The van der Waals surface area contributed by atoms with Crippen molar-refractivity contribution in [3.63, 3.8) is 0 Å². The van der Waals surface area contributed by atoms with Crippen molar-refractivity contribution in [2.75, 3.05) is 13.7 Å². The molecule has 28 heavy (non-hydrogen) atoms. The molecule has 0 bridgehead atoms. The monoisotopic (exact) mass is 405 g/mol. The highest BCUT2D eigenvalue weighted by molar-refractivity contribution is 7.18. The summed E-state index contributed by atoms with van der Waals surface area (Å²) in [7, 11) is 1.58. The average molecular weight is 405 g/mol. The predicted octanol–water partition coefficient (Wildman–Crippen LogP) is 0.913. The minimum Gasteiger partial charge on any atom is -0.383 e. The zero-order valence-corrected chi connectivity index (χ0v) is 17.0. The zero-order chi connectivity index (χ0) is 20.1. The van der Waals surface area contributed by atoms with Crippen LogP contribution in [0.15, 0.2) is 20.7 Å². The van der Waals surface area contributed by atoms with Gasteiger partial charge in [0.2, 0.25) is 0 Å². The quantitative estimate of drug-likeness (QED) is 0.629. The third kappa shape index (κ3) is 3.16. The third-order valence-corrected chi connectivity index (χ3v) is 6.77. The maximum absolute atomic E-state index is 13.2. The molecule has 4 rings (SSSR count). The van der Waals surface area contributed by atoms with Gasteiger partial charge in [-0.15, -0.1) is 11.3 Å². The Bertz CT molecular complexity index is 1210. The lowest BCUT2D eigenvalue weighted by Gasteiger charge is -2.14. The summed E-state index contributed by atoms with van der Waals surface area (Å²) in [5.41, 5.74) is -0.0535. The van der Waals surface area contributed by atoms with Gasteiger partial charge in [-0.2, -0.15) is 5.10 Å². The number of ether oxygens (including phenoxy) is 1. The predicted molar refractivity (Wildman–Crippen MR) is 106 cm³/mol. The lowest BCUT2D eigenvalue weighted by atomic mass is 10.1. The van der Waals surface area contributed by atoms with Crippen LogP contribution in [-0.4, -0.2) is 37.6 Å². The van der Waals surface area contributed by atoms with Crippen LogP contribution in [0.2, 0.25) is 0 Å². The fourth-order valence-electron chi connectivity index (χ4n) is 3.39. The highest BCUT2D eigenvalue weighted by Crippen LogP contribution is 2.46. The molecule has 0 radical (unpaired) electrons. The van der Waals surface area contributed by atoms with Gasteiger partial charge >= 0.3 is 11.4 Å². The Morgan fingerprint density at radius 1 is 1.29 bits per heavy atom. The van der Waals surface area contributed by atoms with Crippen LogP contribution in [0.1, 0.15) is 30.2 Å². The van der Waals surface area contributed by atoms with Gasteiger partial charge in [-0.25, -0.2) is 14.3 Å². The molecule has 3 heterocycles. The molecule has 3 aromatic rings. The van der Waals surface area contributed by atoms with Crippen molar-refractivity contribution < 1.29 is 4.74 Å². The number of aromatic nitrogens is 5. The maximum atomic E-state index is 13.2. The van der Waals surface area contributed by atoms with E-state index >= 15 is 0 Å². The van der Waals surface area contributed by atoms with E-state index in [4.69, 9.17) is 4.74 Å². The van der Waals surface area contributed by atoms with E-state index in [1.165, 1.54) is 26.9 Å². The zero-order valence-electron chi connectivity index (χ0n) is 16.2. The maximum Gasteiger partial charge on any atom is 0.343 e. The number of aryl methyl sites for hydroxylation is 1. The average Bonchev–Trinajstić information content (AvgIpc) is 3.11. The molecule has 1 aliphatic rings. The number of hydrogen-bond acceptors (Lipinski definition) is 6. The van der Waals surface area contributed by atoms with Gasteiger partial charge in [-0.1, -0.05) is 6.92 Å². The number of fused-ring (bicyclic) bond motifs is 1. The summed E-state index contributed by atoms with van der Waals surface area (Å²) < 4.78 is 9.47. The number of methoxy groups -OCH3 is 1. The van der Waals surface area contributed by atoms with Gasteiger partial charge in [0.15, 0.2) is 0 Å². The molecule has 0 saturated heterocycles. The molecule has 150 valence electrons. The van der Waals surface area contributed by atoms with Crippen molar-refractivity contribution in [3.8, 4) is 0 Å². The minimum atomic E-state index is -0.312. The van der Waals surface area contributed by atoms with Gasteiger partial charge in [0, 0.05) is 18.5 Å². The second-order valence-electron chi connectivity index (χ2n) is 7.71. The number of H-pyrrole nitrogens is 1. The Hall–Kier alpha value is -2.46. The van der Waals surface area contributed by atoms with E-state index in [0.717, 1.165) is 23.3 Å². The van der Waals surface area contributed by atoms with Crippen LogP contribution in [0.25, 0.3) is 10.2 Å². The molecule has 1 fully saturated rings. The molecular weight excluding hydrogens is 382 g/mol. The van der Waals surface area contributed by atoms with Crippen LogP contribution in [0.4, 0.5) is 0 Å². The Kier molecular flexibility index (Phi) is 4.62. The lowest BCUT2D eigenvalue weighted by molar-refractivity contribution is 0.186. The summed E-state index contributed by atoms with van der Waals surface area (Å²) in [4.78, 5) is 42.1.